The highest BCUT2D eigenvalue weighted by Gasteiger charge is 2.39. The molecule has 5 N–H and O–H groups in total. The summed E-state index contributed by atoms with van der Waals surface area (Å²) in [4.78, 5) is 28.0. The zero-order chi connectivity index (χ0) is 35.7. The first kappa shape index (κ1) is 35.4. The third kappa shape index (κ3) is 7.25. The fourth-order valence-electron chi connectivity index (χ4n) is 5.84. The van der Waals surface area contributed by atoms with Crippen LogP contribution in [0.25, 0.3) is 17.1 Å². The first-order valence-corrected chi connectivity index (χ1v) is 16.5. The maximum absolute atomic E-state index is 13.2. The van der Waals surface area contributed by atoms with E-state index in [0.29, 0.717) is 66.2 Å². The average molecular weight is 672 g/mol. The smallest absolute Gasteiger partial charge is 0.289 e. The predicted octanol–water partition coefficient (Wildman–Crippen LogP) is 4.88. The van der Waals surface area contributed by atoms with E-state index in [1.807, 2.05) is 13.8 Å². The summed E-state index contributed by atoms with van der Waals surface area (Å²) < 4.78 is 7.84. The zero-order valence-corrected chi connectivity index (χ0v) is 28.8. The second-order valence-corrected chi connectivity index (χ2v) is 13.4. The summed E-state index contributed by atoms with van der Waals surface area (Å²) >= 11 is 0. The van der Waals surface area contributed by atoms with Gasteiger partial charge in [0.15, 0.2) is 5.82 Å². The van der Waals surface area contributed by atoms with E-state index in [-0.39, 0.29) is 41.1 Å². The van der Waals surface area contributed by atoms with Crippen molar-refractivity contribution in [2.24, 2.45) is 0 Å². The summed E-state index contributed by atoms with van der Waals surface area (Å²) in [6, 6.07) is 16.8. The highest BCUT2D eigenvalue weighted by molar-refractivity contribution is 5.94. The summed E-state index contributed by atoms with van der Waals surface area (Å²) in [6.07, 6.45) is 1.15. The van der Waals surface area contributed by atoms with Gasteiger partial charge >= 0.3 is 0 Å². The molecule has 0 saturated carbocycles. The van der Waals surface area contributed by atoms with E-state index in [2.05, 4.69) is 15.5 Å². The van der Waals surface area contributed by atoms with Gasteiger partial charge in [0.1, 0.15) is 29.0 Å². The number of aromatic hydroxyl groups is 2. The van der Waals surface area contributed by atoms with Gasteiger partial charge in [0.2, 0.25) is 5.82 Å². The minimum absolute atomic E-state index is 0.0320. The minimum atomic E-state index is -1.47. The van der Waals surface area contributed by atoms with Gasteiger partial charge in [-0.05, 0) is 87.2 Å². The van der Waals surface area contributed by atoms with Crippen LogP contribution in [-0.4, -0.2) is 83.2 Å². The van der Waals surface area contributed by atoms with E-state index in [9.17, 15) is 30.0 Å². The number of piperidine rings is 1. The first-order valence-electron chi connectivity index (χ1n) is 16.5. The average Bonchev–Trinajstić information content (AvgIpc) is 3.50. The van der Waals surface area contributed by atoms with Gasteiger partial charge in [0.25, 0.3) is 11.8 Å². The van der Waals surface area contributed by atoms with Crippen molar-refractivity contribution in [3.63, 3.8) is 0 Å². The Labute approximate surface area is 286 Å². The van der Waals surface area contributed by atoms with Crippen LogP contribution in [0.15, 0.2) is 60.7 Å². The predicted molar refractivity (Wildman–Crippen MR) is 184 cm³/mol. The van der Waals surface area contributed by atoms with Crippen LogP contribution in [0.1, 0.15) is 92.4 Å². The van der Waals surface area contributed by atoms with Gasteiger partial charge in [-0.1, -0.05) is 26.0 Å². The first-order chi connectivity index (χ1) is 23.1. The molecule has 0 radical (unpaired) electrons. The third-order valence-electron chi connectivity index (χ3n) is 9.22. The van der Waals surface area contributed by atoms with E-state index < -0.39 is 17.1 Å². The number of aliphatic hydroxyl groups is 2. The molecular formula is C37H45N5O7. The van der Waals surface area contributed by atoms with E-state index in [1.54, 1.807) is 77.9 Å². The van der Waals surface area contributed by atoms with Crippen LogP contribution in [0, 0.1) is 0 Å². The van der Waals surface area contributed by atoms with Crippen LogP contribution in [0.4, 0.5) is 0 Å². The minimum Gasteiger partial charge on any atom is -0.508 e. The number of phenolic OH excluding ortho intramolecular Hbond substituents is 2. The number of amides is 2. The number of nitrogens with one attached hydrogen (secondary N) is 1. The molecule has 1 saturated heterocycles. The second-order valence-electron chi connectivity index (χ2n) is 13.4. The van der Waals surface area contributed by atoms with Crippen LogP contribution in [0.3, 0.4) is 0 Å². The summed E-state index contributed by atoms with van der Waals surface area (Å²) in [5.41, 5.74) is -0.288. The van der Waals surface area contributed by atoms with Crippen molar-refractivity contribution in [2.75, 3.05) is 19.6 Å². The summed E-state index contributed by atoms with van der Waals surface area (Å²) in [6.45, 7) is 11.7. The molecule has 1 atom stereocenters. The number of carbonyl (C=O) groups is 2. The number of aromatic nitrogens is 3. The highest BCUT2D eigenvalue weighted by atomic mass is 16.5. The van der Waals surface area contributed by atoms with Gasteiger partial charge in [-0.2, -0.15) is 0 Å². The Morgan fingerprint density at radius 3 is 2.14 bits per heavy atom. The Bertz CT molecular complexity index is 1800. The largest absolute Gasteiger partial charge is 0.508 e. The monoisotopic (exact) mass is 671 g/mol. The Morgan fingerprint density at radius 1 is 0.939 bits per heavy atom. The molecule has 5 rings (SSSR count). The number of hydrogen-bond acceptors (Lipinski definition) is 9. The normalized spacial score (nSPS) is 15.2. The van der Waals surface area contributed by atoms with E-state index in [0.717, 1.165) is 0 Å². The molecule has 1 aliphatic heterocycles. The number of rotatable bonds is 10. The highest BCUT2D eigenvalue weighted by Crippen LogP contribution is 2.38. The van der Waals surface area contributed by atoms with Crippen LogP contribution in [-0.2, 0) is 5.60 Å². The fourth-order valence-corrected chi connectivity index (χ4v) is 5.84. The molecule has 0 bridgehead atoms. The van der Waals surface area contributed by atoms with Crippen LogP contribution in [0.2, 0.25) is 0 Å². The maximum atomic E-state index is 13.2. The van der Waals surface area contributed by atoms with Crippen molar-refractivity contribution in [3.8, 4) is 34.3 Å². The molecular weight excluding hydrogens is 626 g/mol. The number of ether oxygens (including phenoxy) is 1. The van der Waals surface area contributed by atoms with Crippen LogP contribution >= 0.6 is 0 Å². The van der Waals surface area contributed by atoms with Gasteiger partial charge in [0.05, 0.1) is 11.2 Å². The second kappa shape index (κ2) is 13.9. The molecule has 3 aromatic carbocycles. The Morgan fingerprint density at radius 2 is 1.57 bits per heavy atom. The van der Waals surface area contributed by atoms with Crippen molar-refractivity contribution >= 4 is 11.8 Å². The lowest BCUT2D eigenvalue weighted by Crippen LogP contribution is -2.45. The molecule has 2 amide bonds. The van der Waals surface area contributed by atoms with Gasteiger partial charge in [-0.15, -0.1) is 10.2 Å². The lowest BCUT2D eigenvalue weighted by atomic mass is 9.81. The van der Waals surface area contributed by atoms with E-state index in [4.69, 9.17) is 4.74 Å². The molecule has 12 heteroatoms. The summed E-state index contributed by atoms with van der Waals surface area (Å²) in [5.74, 6) is 0.102. The molecule has 2 heterocycles. The molecule has 1 fully saturated rings. The number of benzene rings is 3. The molecule has 1 aromatic heterocycles. The standard InChI is InChI=1S/C37H45N5O7/c1-7-38-34(45)33-40-39-32(29-20-28(22(2)3)30(43)21-31(29)44)42(33)25-12-14-26(15-13-25)49-27-16-18-41(19-17-27)35(46)23-8-10-24(11-9-23)37(6,48)36(4,5)47/h8-15,20-22,27,43-44,47-48H,7,16-19H2,1-6H3,(H,38,45). The van der Waals surface area contributed by atoms with Crippen molar-refractivity contribution in [3.05, 3.63) is 83.2 Å². The molecule has 12 nitrogen and oxygen atoms in total. The fraction of sp³-hybridized carbons (Fsp3) is 0.405. The van der Waals surface area contributed by atoms with Gasteiger partial charge in [-0.3, -0.25) is 14.2 Å². The molecule has 0 spiro atoms. The Kier molecular flexibility index (Phi) is 10.0. The van der Waals surface area contributed by atoms with Gasteiger partial charge in [-0.25, -0.2) is 0 Å². The molecule has 1 unspecified atom stereocenters. The number of phenols is 2. The van der Waals surface area contributed by atoms with Crippen molar-refractivity contribution in [2.45, 2.75) is 77.6 Å². The van der Waals surface area contributed by atoms with Gasteiger partial charge < -0.3 is 35.4 Å². The molecule has 4 aromatic rings. The van der Waals surface area contributed by atoms with Crippen molar-refractivity contribution in [1.82, 2.24) is 25.0 Å². The maximum Gasteiger partial charge on any atom is 0.289 e. The van der Waals surface area contributed by atoms with E-state index in [1.165, 1.54) is 19.9 Å². The van der Waals surface area contributed by atoms with Crippen LogP contribution < -0.4 is 10.1 Å². The number of nitrogens with zero attached hydrogens (tertiary/aromatic N) is 4. The van der Waals surface area contributed by atoms with Gasteiger partial charge in [0, 0.05) is 49.8 Å². The molecule has 0 aliphatic carbocycles. The van der Waals surface area contributed by atoms with Crippen molar-refractivity contribution in [1.29, 1.82) is 0 Å². The quantitative estimate of drug-likeness (QED) is 0.158. The Hall–Kier alpha value is -4.94. The number of carbonyl (C=O) groups excluding carboxylic acids is 2. The van der Waals surface area contributed by atoms with Crippen LogP contribution in [0.5, 0.6) is 17.2 Å². The molecule has 49 heavy (non-hydrogen) atoms. The zero-order valence-electron chi connectivity index (χ0n) is 28.8. The van der Waals surface area contributed by atoms with E-state index >= 15 is 0 Å². The summed E-state index contributed by atoms with van der Waals surface area (Å²) in [5, 5.41) is 53.4. The third-order valence-corrected chi connectivity index (χ3v) is 9.22. The SMILES string of the molecule is CCNC(=O)c1nnc(-c2cc(C(C)C)c(O)cc2O)n1-c1ccc(OC2CCN(C(=O)c3ccc(C(C)(O)C(C)(C)O)cc3)CC2)cc1. The lowest BCUT2D eigenvalue weighted by Gasteiger charge is -2.36. The molecule has 260 valence electrons. The Balaban J connectivity index is 1.29. The van der Waals surface area contributed by atoms with Crippen molar-refractivity contribution < 1.29 is 34.8 Å². The lowest BCUT2D eigenvalue weighted by molar-refractivity contribution is -0.125. The topological polar surface area (TPSA) is 170 Å². The summed E-state index contributed by atoms with van der Waals surface area (Å²) in [7, 11) is 0. The molecule has 1 aliphatic rings. The number of likely N-dealkylation sites (tertiary alicyclic amines) is 1. The number of hydrogen-bond donors (Lipinski definition) is 5.